The number of esters is 3. The molecular weight excluding hydrogens is 1020 g/mol. The van der Waals surface area contributed by atoms with Gasteiger partial charge in [0.1, 0.15) is 13.2 Å². The number of unbranched alkanes of at least 4 members (excludes halogenated alkanes) is 29. The lowest BCUT2D eigenvalue weighted by Crippen LogP contribution is -2.30. The lowest BCUT2D eigenvalue weighted by atomic mass is 10.0. The molecule has 0 aromatic heterocycles. The molecule has 0 spiro atoms. The SMILES string of the molecule is CC/C=C\C/C=C\C/C=C\C/C=C\C/C=C\C/C=C\C/C=C\C/C=C\C/C=C\C/C=C\CCCCCCC(=O)OCC(COC(=O)CCCCCCCCCCCCCCCC)OC(=O)CCCCCCC/C=C\CCCCCCCCC. The highest BCUT2D eigenvalue weighted by molar-refractivity contribution is 5.71. The second-order valence-corrected chi connectivity index (χ2v) is 22.7. The third-order valence-electron chi connectivity index (χ3n) is 14.6. The van der Waals surface area contributed by atoms with E-state index < -0.39 is 6.10 Å². The van der Waals surface area contributed by atoms with Gasteiger partial charge < -0.3 is 14.2 Å². The van der Waals surface area contributed by atoms with E-state index in [9.17, 15) is 14.4 Å². The monoisotopic (exact) mass is 1150 g/mol. The van der Waals surface area contributed by atoms with Gasteiger partial charge in [0.2, 0.25) is 0 Å². The molecule has 0 saturated carbocycles. The van der Waals surface area contributed by atoms with Crippen LogP contribution in [0.3, 0.4) is 0 Å². The number of hydrogen-bond acceptors (Lipinski definition) is 6. The summed E-state index contributed by atoms with van der Waals surface area (Å²) in [7, 11) is 0. The molecular formula is C77H128O6. The Morgan fingerprint density at radius 3 is 0.747 bits per heavy atom. The summed E-state index contributed by atoms with van der Waals surface area (Å²) in [6, 6.07) is 0. The van der Waals surface area contributed by atoms with Gasteiger partial charge in [-0.25, -0.2) is 0 Å². The molecule has 6 heteroatoms. The topological polar surface area (TPSA) is 78.9 Å². The van der Waals surface area contributed by atoms with Gasteiger partial charge >= 0.3 is 17.9 Å². The molecule has 1 atom stereocenters. The number of allylic oxidation sites excluding steroid dienone is 22. The van der Waals surface area contributed by atoms with E-state index in [-0.39, 0.29) is 31.1 Å². The average Bonchev–Trinajstić information content (AvgIpc) is 3.49. The molecule has 0 amide bonds. The summed E-state index contributed by atoms with van der Waals surface area (Å²) in [4.78, 5) is 38.3. The predicted octanol–water partition coefficient (Wildman–Crippen LogP) is 24.1. The maximum Gasteiger partial charge on any atom is 0.306 e. The summed E-state index contributed by atoms with van der Waals surface area (Å²) >= 11 is 0. The first-order valence-corrected chi connectivity index (χ1v) is 34.7. The van der Waals surface area contributed by atoms with Gasteiger partial charge in [-0.15, -0.1) is 0 Å². The van der Waals surface area contributed by atoms with Gasteiger partial charge in [-0.3, -0.25) is 14.4 Å². The first kappa shape index (κ1) is 78.5. The predicted molar refractivity (Wildman–Crippen MR) is 362 cm³/mol. The van der Waals surface area contributed by atoms with Crippen molar-refractivity contribution in [3.8, 4) is 0 Å². The van der Waals surface area contributed by atoms with E-state index in [1.165, 1.54) is 128 Å². The summed E-state index contributed by atoms with van der Waals surface area (Å²) in [5.41, 5.74) is 0. The summed E-state index contributed by atoms with van der Waals surface area (Å²) in [5.74, 6) is -0.915. The van der Waals surface area contributed by atoms with Gasteiger partial charge in [-0.05, 0) is 122 Å². The Bertz CT molecular complexity index is 1750. The van der Waals surface area contributed by atoms with Crippen LogP contribution in [0.2, 0.25) is 0 Å². The van der Waals surface area contributed by atoms with Gasteiger partial charge in [-0.2, -0.15) is 0 Å². The Hall–Kier alpha value is -4.45. The Balaban J connectivity index is 4.33. The molecule has 1 unspecified atom stereocenters. The third kappa shape index (κ3) is 68.2. The lowest BCUT2D eigenvalue weighted by Gasteiger charge is -2.18. The summed E-state index contributed by atoms with van der Waals surface area (Å²) in [6.45, 7) is 6.52. The van der Waals surface area contributed by atoms with Crippen LogP contribution in [0.4, 0.5) is 0 Å². The molecule has 0 N–H and O–H groups in total. The Kier molecular flexibility index (Phi) is 66.3. The van der Waals surface area contributed by atoms with Crippen molar-refractivity contribution in [2.75, 3.05) is 13.2 Å². The van der Waals surface area contributed by atoms with E-state index in [1.807, 2.05) is 0 Å². The van der Waals surface area contributed by atoms with Crippen molar-refractivity contribution in [2.45, 2.75) is 322 Å². The van der Waals surface area contributed by atoms with Gasteiger partial charge in [0.25, 0.3) is 0 Å². The average molecular weight is 1150 g/mol. The first-order valence-electron chi connectivity index (χ1n) is 34.7. The molecule has 0 aliphatic rings. The van der Waals surface area contributed by atoms with Crippen molar-refractivity contribution >= 4 is 17.9 Å². The Labute approximate surface area is 513 Å². The van der Waals surface area contributed by atoms with Crippen LogP contribution in [0.1, 0.15) is 316 Å². The second kappa shape index (κ2) is 70.0. The van der Waals surface area contributed by atoms with E-state index in [4.69, 9.17) is 14.2 Å². The zero-order valence-corrected chi connectivity index (χ0v) is 54.2. The standard InChI is InChI=1S/C77H128O6/c1-4-7-10-13-16-19-22-25-28-30-31-32-33-34-35-36-37-38-39-40-41-42-43-44-45-46-47-48-50-52-55-58-61-64-67-70-76(79)82-73-74(72-81-75(78)69-66-63-60-57-54-51-27-24-21-18-15-12-9-6-3)83-77(80)71-68-65-62-59-56-53-49-29-26-23-20-17-14-11-8-5-2/h7,10,16,19,25,28-29,31-32,34-35,37-38,40-41,43-44,46-47,49-50,52,74H,4-6,8-9,11-15,17-18,20-24,26-27,30,33,36,39,42,45,48,51,53-73H2,1-3H3/b10-7-,19-16-,28-25-,32-31-,35-34-,38-37-,41-40-,44-43-,47-46-,49-29-,52-50-. The molecule has 0 aliphatic heterocycles. The molecule has 0 aliphatic carbocycles. The zero-order chi connectivity index (χ0) is 59.9. The van der Waals surface area contributed by atoms with E-state index in [1.54, 1.807) is 0 Å². The van der Waals surface area contributed by atoms with E-state index in [0.29, 0.717) is 19.3 Å². The zero-order valence-electron chi connectivity index (χ0n) is 54.2. The van der Waals surface area contributed by atoms with Crippen molar-refractivity contribution in [1.82, 2.24) is 0 Å². The van der Waals surface area contributed by atoms with Gasteiger partial charge in [0, 0.05) is 19.3 Å². The molecule has 83 heavy (non-hydrogen) atoms. The molecule has 0 aromatic rings. The highest BCUT2D eigenvalue weighted by Crippen LogP contribution is 2.16. The third-order valence-corrected chi connectivity index (χ3v) is 14.6. The maximum absolute atomic E-state index is 12.9. The lowest BCUT2D eigenvalue weighted by molar-refractivity contribution is -0.167. The van der Waals surface area contributed by atoms with Crippen LogP contribution in [0.15, 0.2) is 134 Å². The summed E-state index contributed by atoms with van der Waals surface area (Å²) in [6.07, 6.45) is 99.0. The van der Waals surface area contributed by atoms with Gasteiger partial charge in [-0.1, -0.05) is 309 Å². The number of carbonyl (C=O) groups is 3. The normalized spacial score (nSPS) is 13.0. The van der Waals surface area contributed by atoms with Crippen LogP contribution in [0.25, 0.3) is 0 Å². The molecule has 6 nitrogen and oxygen atoms in total. The fourth-order valence-corrected chi connectivity index (χ4v) is 9.47. The van der Waals surface area contributed by atoms with Crippen LogP contribution in [-0.4, -0.2) is 37.2 Å². The van der Waals surface area contributed by atoms with Crippen LogP contribution >= 0.6 is 0 Å². The number of ether oxygens (including phenoxy) is 3. The smallest absolute Gasteiger partial charge is 0.306 e. The van der Waals surface area contributed by atoms with E-state index in [0.717, 1.165) is 148 Å². The van der Waals surface area contributed by atoms with Gasteiger partial charge in [0.15, 0.2) is 6.10 Å². The largest absolute Gasteiger partial charge is 0.462 e. The second-order valence-electron chi connectivity index (χ2n) is 22.7. The fourth-order valence-electron chi connectivity index (χ4n) is 9.47. The summed E-state index contributed by atoms with van der Waals surface area (Å²) in [5, 5.41) is 0. The van der Waals surface area contributed by atoms with Crippen molar-refractivity contribution in [3.63, 3.8) is 0 Å². The molecule has 0 saturated heterocycles. The minimum absolute atomic E-state index is 0.0889. The van der Waals surface area contributed by atoms with Crippen LogP contribution in [-0.2, 0) is 28.6 Å². The van der Waals surface area contributed by atoms with Crippen molar-refractivity contribution < 1.29 is 28.6 Å². The highest BCUT2D eigenvalue weighted by atomic mass is 16.6. The highest BCUT2D eigenvalue weighted by Gasteiger charge is 2.19. The number of hydrogen-bond donors (Lipinski definition) is 0. The minimum Gasteiger partial charge on any atom is -0.462 e. The Morgan fingerprint density at radius 1 is 0.253 bits per heavy atom. The molecule has 0 radical (unpaired) electrons. The number of carbonyl (C=O) groups excluding carboxylic acids is 3. The fraction of sp³-hybridized carbons (Fsp3) is 0.675. The molecule has 0 bridgehead atoms. The quantitative estimate of drug-likeness (QED) is 0.0261. The van der Waals surface area contributed by atoms with Crippen molar-refractivity contribution in [1.29, 1.82) is 0 Å². The minimum atomic E-state index is -0.796. The first-order chi connectivity index (χ1) is 41.0. The molecule has 0 heterocycles. The molecule has 0 fully saturated rings. The maximum atomic E-state index is 12.9. The van der Waals surface area contributed by atoms with E-state index >= 15 is 0 Å². The van der Waals surface area contributed by atoms with E-state index in [2.05, 4.69) is 154 Å². The molecule has 0 aromatic carbocycles. The molecule has 472 valence electrons. The Morgan fingerprint density at radius 2 is 0.470 bits per heavy atom. The number of rotatable bonds is 62. The van der Waals surface area contributed by atoms with Crippen molar-refractivity contribution in [2.24, 2.45) is 0 Å². The van der Waals surface area contributed by atoms with Crippen molar-refractivity contribution in [3.05, 3.63) is 134 Å². The van der Waals surface area contributed by atoms with Crippen LogP contribution in [0, 0.1) is 0 Å². The van der Waals surface area contributed by atoms with Crippen LogP contribution < -0.4 is 0 Å². The van der Waals surface area contributed by atoms with Crippen LogP contribution in [0.5, 0.6) is 0 Å². The summed E-state index contributed by atoms with van der Waals surface area (Å²) < 4.78 is 16.9. The van der Waals surface area contributed by atoms with Gasteiger partial charge in [0.05, 0.1) is 0 Å². The molecule has 0 rings (SSSR count).